The van der Waals surface area contributed by atoms with Gasteiger partial charge >= 0.3 is 0 Å². The molecule has 0 heterocycles. The second-order valence-corrected chi connectivity index (χ2v) is 6.40. The molecule has 21 heavy (non-hydrogen) atoms. The summed E-state index contributed by atoms with van der Waals surface area (Å²) in [5, 5.41) is 4.62. The number of hydrogen-bond donors (Lipinski definition) is 1. The minimum absolute atomic E-state index is 0.265. The Bertz CT molecular complexity index is 650. The largest absolute Gasteiger partial charge is 0.313 e. The zero-order chi connectivity index (χ0) is 15.6. The van der Waals surface area contributed by atoms with E-state index in [1.165, 1.54) is 27.8 Å². The number of halogens is 2. The number of benzene rings is 2. The molecule has 2 aromatic rings. The van der Waals surface area contributed by atoms with Crippen molar-refractivity contribution in [3.05, 3.63) is 68.2 Å². The first-order chi connectivity index (χ1) is 9.92. The van der Waals surface area contributed by atoms with Crippen LogP contribution in [0.5, 0.6) is 0 Å². The third kappa shape index (κ3) is 3.79. The van der Waals surface area contributed by atoms with E-state index in [1.54, 1.807) is 0 Å². The van der Waals surface area contributed by atoms with Gasteiger partial charge in [-0.05, 0) is 74.2 Å². The van der Waals surface area contributed by atoms with Gasteiger partial charge in [0.1, 0.15) is 0 Å². The molecule has 0 spiro atoms. The van der Waals surface area contributed by atoms with Crippen molar-refractivity contribution in [1.29, 1.82) is 0 Å². The van der Waals surface area contributed by atoms with Crippen LogP contribution in [-0.2, 0) is 6.42 Å². The Morgan fingerprint density at radius 3 is 2.19 bits per heavy atom. The third-order valence-corrected chi connectivity index (χ3v) is 4.77. The van der Waals surface area contributed by atoms with Crippen LogP contribution in [0.15, 0.2) is 30.3 Å². The van der Waals surface area contributed by atoms with Gasteiger partial charge in [-0.25, -0.2) is 0 Å². The fourth-order valence-corrected chi connectivity index (χ4v) is 2.95. The molecule has 1 atom stereocenters. The topological polar surface area (TPSA) is 12.0 Å². The van der Waals surface area contributed by atoms with Crippen molar-refractivity contribution in [2.45, 2.75) is 33.2 Å². The summed E-state index contributed by atoms with van der Waals surface area (Å²) >= 11 is 12.1. The second kappa shape index (κ2) is 6.83. The van der Waals surface area contributed by atoms with Crippen molar-refractivity contribution in [2.24, 2.45) is 0 Å². The molecule has 0 aliphatic heterocycles. The summed E-state index contributed by atoms with van der Waals surface area (Å²) in [5.41, 5.74) is 6.50. The molecular formula is C18H21Cl2N. The van der Waals surface area contributed by atoms with Gasteiger partial charge in [0.05, 0.1) is 10.0 Å². The van der Waals surface area contributed by atoms with E-state index in [0.717, 1.165) is 6.42 Å². The lowest BCUT2D eigenvalue weighted by molar-refractivity contribution is 0.588. The van der Waals surface area contributed by atoms with Crippen LogP contribution in [0.25, 0.3) is 0 Å². The van der Waals surface area contributed by atoms with Crippen molar-refractivity contribution in [1.82, 2.24) is 5.32 Å². The highest BCUT2D eigenvalue weighted by atomic mass is 35.5. The van der Waals surface area contributed by atoms with E-state index in [9.17, 15) is 0 Å². The summed E-state index contributed by atoms with van der Waals surface area (Å²) in [6.07, 6.45) is 0.886. The minimum atomic E-state index is 0.265. The Morgan fingerprint density at radius 1 is 0.905 bits per heavy atom. The molecule has 0 aromatic heterocycles. The molecule has 0 amide bonds. The van der Waals surface area contributed by atoms with Crippen LogP contribution in [0.1, 0.15) is 33.9 Å². The van der Waals surface area contributed by atoms with Crippen molar-refractivity contribution in [3.63, 3.8) is 0 Å². The average Bonchev–Trinajstić information content (AvgIpc) is 2.44. The van der Waals surface area contributed by atoms with E-state index in [1.807, 2.05) is 25.2 Å². The predicted molar refractivity (Wildman–Crippen MR) is 92.6 cm³/mol. The first kappa shape index (κ1) is 16.4. The van der Waals surface area contributed by atoms with E-state index < -0.39 is 0 Å². The van der Waals surface area contributed by atoms with Crippen LogP contribution in [0, 0.1) is 20.8 Å². The Balaban J connectivity index is 2.31. The molecule has 0 radical (unpaired) electrons. The summed E-state index contributed by atoms with van der Waals surface area (Å²) in [7, 11) is 2.00. The quantitative estimate of drug-likeness (QED) is 0.792. The lowest BCUT2D eigenvalue weighted by Crippen LogP contribution is -2.20. The van der Waals surface area contributed by atoms with Crippen LogP contribution >= 0.6 is 23.2 Å². The lowest BCUT2D eigenvalue weighted by atomic mass is 9.92. The number of nitrogens with one attached hydrogen (secondary N) is 1. The van der Waals surface area contributed by atoms with Crippen molar-refractivity contribution >= 4 is 23.2 Å². The maximum absolute atomic E-state index is 6.11. The van der Waals surface area contributed by atoms with Crippen LogP contribution in [0.3, 0.4) is 0 Å². The maximum atomic E-state index is 6.11. The number of likely N-dealkylation sites (N-methyl/N-ethyl adjacent to an activating group) is 1. The molecule has 112 valence electrons. The number of aryl methyl sites for hydroxylation is 3. The SMILES string of the molecule is CNC(Cc1ccc(Cl)c(Cl)c1)c1cc(C)c(C)cc1C. The molecule has 1 unspecified atom stereocenters. The molecule has 2 aromatic carbocycles. The Hall–Kier alpha value is -1.02. The van der Waals surface area contributed by atoms with Gasteiger partial charge in [0, 0.05) is 6.04 Å². The highest BCUT2D eigenvalue weighted by Gasteiger charge is 2.14. The predicted octanol–water partition coefficient (Wildman–Crippen LogP) is 5.42. The fourth-order valence-electron chi connectivity index (χ4n) is 2.63. The first-order valence-electron chi connectivity index (χ1n) is 7.11. The Labute approximate surface area is 137 Å². The molecule has 2 rings (SSSR count). The van der Waals surface area contributed by atoms with Crippen LogP contribution < -0.4 is 5.32 Å². The number of rotatable bonds is 4. The van der Waals surface area contributed by atoms with Crippen LogP contribution in [0.2, 0.25) is 10.0 Å². The van der Waals surface area contributed by atoms with E-state index in [0.29, 0.717) is 10.0 Å². The van der Waals surface area contributed by atoms with Crippen LogP contribution in [0.4, 0.5) is 0 Å². The minimum Gasteiger partial charge on any atom is -0.313 e. The van der Waals surface area contributed by atoms with Crippen molar-refractivity contribution in [2.75, 3.05) is 7.05 Å². The van der Waals surface area contributed by atoms with E-state index >= 15 is 0 Å². The molecule has 1 nitrogen and oxygen atoms in total. The average molecular weight is 322 g/mol. The Kier molecular flexibility index (Phi) is 5.32. The van der Waals surface area contributed by atoms with Crippen LogP contribution in [-0.4, -0.2) is 7.05 Å². The molecule has 3 heteroatoms. The zero-order valence-corrected chi connectivity index (χ0v) is 14.4. The van der Waals surface area contributed by atoms with Gasteiger partial charge < -0.3 is 5.32 Å². The van der Waals surface area contributed by atoms with Gasteiger partial charge in [-0.15, -0.1) is 0 Å². The highest BCUT2D eigenvalue weighted by Crippen LogP contribution is 2.28. The standard InChI is InChI=1S/C18H21Cl2N/c1-11-7-13(3)15(8-12(11)2)18(21-4)10-14-5-6-16(19)17(20)9-14/h5-9,18,21H,10H2,1-4H3. The summed E-state index contributed by atoms with van der Waals surface area (Å²) in [5.74, 6) is 0. The monoisotopic (exact) mass is 321 g/mol. The van der Waals surface area contributed by atoms with Crippen molar-refractivity contribution in [3.8, 4) is 0 Å². The summed E-state index contributed by atoms with van der Waals surface area (Å²) in [6.45, 7) is 6.48. The van der Waals surface area contributed by atoms with Crippen molar-refractivity contribution < 1.29 is 0 Å². The molecular weight excluding hydrogens is 301 g/mol. The highest BCUT2D eigenvalue weighted by molar-refractivity contribution is 6.42. The van der Waals surface area contributed by atoms with Gasteiger partial charge in [-0.3, -0.25) is 0 Å². The van der Waals surface area contributed by atoms with Gasteiger partial charge in [-0.2, -0.15) is 0 Å². The first-order valence-corrected chi connectivity index (χ1v) is 7.87. The summed E-state index contributed by atoms with van der Waals surface area (Å²) in [4.78, 5) is 0. The van der Waals surface area contributed by atoms with Gasteiger partial charge in [0.2, 0.25) is 0 Å². The van der Waals surface area contributed by atoms with Gasteiger partial charge in [0.25, 0.3) is 0 Å². The molecule has 0 aliphatic rings. The molecule has 0 fully saturated rings. The zero-order valence-electron chi connectivity index (χ0n) is 12.9. The fraction of sp³-hybridized carbons (Fsp3) is 0.333. The summed E-state index contributed by atoms with van der Waals surface area (Å²) < 4.78 is 0. The molecule has 1 N–H and O–H groups in total. The Morgan fingerprint density at radius 2 is 1.57 bits per heavy atom. The molecule has 0 saturated heterocycles. The second-order valence-electron chi connectivity index (χ2n) is 5.59. The van der Waals surface area contributed by atoms with Gasteiger partial charge in [-0.1, -0.05) is 41.4 Å². The summed E-state index contributed by atoms with van der Waals surface area (Å²) in [6, 6.07) is 10.6. The van der Waals surface area contributed by atoms with E-state index in [-0.39, 0.29) is 6.04 Å². The molecule has 0 bridgehead atoms. The maximum Gasteiger partial charge on any atom is 0.0595 e. The molecule has 0 aliphatic carbocycles. The van der Waals surface area contributed by atoms with E-state index in [2.05, 4.69) is 38.2 Å². The van der Waals surface area contributed by atoms with E-state index in [4.69, 9.17) is 23.2 Å². The smallest absolute Gasteiger partial charge is 0.0595 e. The normalized spacial score (nSPS) is 12.5. The lowest BCUT2D eigenvalue weighted by Gasteiger charge is -2.21. The molecule has 0 saturated carbocycles. The number of hydrogen-bond acceptors (Lipinski definition) is 1. The third-order valence-electron chi connectivity index (χ3n) is 4.03. The van der Waals surface area contributed by atoms with Gasteiger partial charge in [0.15, 0.2) is 0 Å².